The highest BCUT2D eigenvalue weighted by atomic mass is 19.4. The van der Waals surface area contributed by atoms with Gasteiger partial charge >= 0.3 is 6.18 Å². The molecule has 0 aliphatic rings. The molecule has 3 aromatic rings. The Morgan fingerprint density at radius 2 is 1.88 bits per heavy atom. The van der Waals surface area contributed by atoms with Crippen molar-refractivity contribution in [1.29, 1.82) is 0 Å². The van der Waals surface area contributed by atoms with Crippen molar-refractivity contribution in [1.82, 2.24) is 5.32 Å². The molecule has 0 unspecified atom stereocenters. The van der Waals surface area contributed by atoms with Gasteiger partial charge in [0.05, 0.1) is 11.0 Å². The highest BCUT2D eigenvalue weighted by molar-refractivity contribution is 5.86. The normalized spacial score (nSPS) is 20.3. The highest BCUT2D eigenvalue weighted by Gasteiger charge is 2.30. The summed E-state index contributed by atoms with van der Waals surface area (Å²) in [6, 6.07) is 5.60. The van der Waals surface area contributed by atoms with Gasteiger partial charge in [0.25, 0.3) is 0 Å². The maximum absolute atomic E-state index is 13.5. The van der Waals surface area contributed by atoms with E-state index in [9.17, 15) is 13.2 Å². The first kappa shape index (κ1) is 9.56. The number of hydrogen-bond donors (Lipinski definition) is 1. The molecule has 0 amide bonds. The molecule has 0 fully saturated rings. The molecule has 136 valence electrons. The van der Waals surface area contributed by atoms with E-state index in [1.807, 2.05) is 12.1 Å². The van der Waals surface area contributed by atoms with Crippen LogP contribution in [0.3, 0.4) is 0 Å². The zero-order chi connectivity index (χ0) is 27.4. The van der Waals surface area contributed by atoms with Crippen molar-refractivity contribution in [3.63, 3.8) is 0 Å². The van der Waals surface area contributed by atoms with E-state index in [2.05, 4.69) is 5.32 Å². The molecule has 0 aliphatic carbocycles. The molecule has 0 saturated heterocycles. The Balaban J connectivity index is 2.11. The lowest BCUT2D eigenvalue weighted by molar-refractivity contribution is -0.137. The van der Waals surface area contributed by atoms with Crippen LogP contribution in [0.1, 0.15) is 49.7 Å². The molecule has 4 heteroatoms. The van der Waals surface area contributed by atoms with Gasteiger partial charge in [0.15, 0.2) is 0 Å². The molecule has 1 N–H and O–H groups in total. The van der Waals surface area contributed by atoms with Gasteiger partial charge in [0, 0.05) is 14.3 Å². The van der Waals surface area contributed by atoms with E-state index in [-0.39, 0.29) is 0 Å². The average molecular weight is 367 g/mol. The smallest absolute Gasteiger partial charge is 0.310 e. The summed E-state index contributed by atoms with van der Waals surface area (Å²) in [5, 5.41) is 3.92. The third kappa shape index (κ3) is 4.44. The zero-order valence-corrected chi connectivity index (χ0v) is 13.8. The number of halogens is 3. The second-order valence-corrected chi connectivity index (χ2v) is 5.56. The summed E-state index contributed by atoms with van der Waals surface area (Å²) < 4.78 is 122. The minimum absolute atomic E-state index is 0.557. The molecule has 0 saturated carbocycles. The van der Waals surface area contributed by atoms with Crippen LogP contribution in [0.5, 0.6) is 0 Å². The van der Waals surface area contributed by atoms with Crippen molar-refractivity contribution >= 4 is 10.8 Å². The Bertz CT molecular complexity index is 1300. The van der Waals surface area contributed by atoms with Gasteiger partial charge in [-0.15, -0.1) is 0 Å². The van der Waals surface area contributed by atoms with Gasteiger partial charge in [-0.3, -0.25) is 0 Å². The minimum Gasteiger partial charge on any atom is -0.310 e. The van der Waals surface area contributed by atoms with Crippen molar-refractivity contribution in [2.45, 2.75) is 31.9 Å². The monoisotopic (exact) mass is 367 g/mol. The fraction of sp³-hybridized carbons (Fsp3) is 0.273. The number of nitrogens with one attached hydrogen (secondary N) is 1. The first-order valence-corrected chi connectivity index (χ1v) is 7.79. The highest BCUT2D eigenvalue weighted by Crippen LogP contribution is 2.29. The Kier molecular flexibility index (Phi) is 2.91. The van der Waals surface area contributed by atoms with E-state index in [1.165, 1.54) is 6.92 Å². The summed E-state index contributed by atoms with van der Waals surface area (Å²) in [5.41, 5.74) is -2.89. The number of alkyl halides is 3. The van der Waals surface area contributed by atoms with Crippen molar-refractivity contribution in [2.75, 3.05) is 6.50 Å². The second-order valence-electron chi connectivity index (χ2n) is 5.56. The topological polar surface area (TPSA) is 12.0 Å². The molecule has 1 nitrogen and oxygen atoms in total. The lowest BCUT2D eigenvalue weighted by Crippen LogP contribution is -2.20. The lowest BCUT2D eigenvalue weighted by atomic mass is 9.99. The Hall–Kier alpha value is -2.33. The molecule has 0 bridgehead atoms. The molecule has 0 spiro atoms. The molecular weight excluding hydrogens is 335 g/mol. The van der Waals surface area contributed by atoms with Crippen molar-refractivity contribution in [3.05, 3.63) is 83.3 Å². The quantitative estimate of drug-likeness (QED) is 0.552. The van der Waals surface area contributed by atoms with Gasteiger partial charge in [0.2, 0.25) is 0 Å². The summed E-state index contributed by atoms with van der Waals surface area (Å²) in [7, 11) is 0. The molecular formula is C22H22F3N. The van der Waals surface area contributed by atoms with Gasteiger partial charge in [-0.2, -0.15) is 13.2 Å². The van der Waals surface area contributed by atoms with Crippen molar-refractivity contribution in [2.24, 2.45) is 0 Å². The predicted molar refractivity (Wildman–Crippen MR) is 100 cm³/mol. The van der Waals surface area contributed by atoms with E-state index < -0.39 is 66.8 Å². The molecule has 3 aromatic carbocycles. The van der Waals surface area contributed by atoms with Crippen LogP contribution in [0.2, 0.25) is 0 Å². The van der Waals surface area contributed by atoms with E-state index >= 15 is 0 Å². The van der Waals surface area contributed by atoms with E-state index in [0.717, 1.165) is 10.8 Å². The van der Waals surface area contributed by atoms with Crippen LogP contribution in [0, 0.1) is 0 Å². The van der Waals surface area contributed by atoms with E-state index in [4.69, 9.17) is 13.7 Å². The molecule has 1 atom stereocenters. The van der Waals surface area contributed by atoms with Gasteiger partial charge in [-0.05, 0) is 54.1 Å². The Morgan fingerprint density at radius 1 is 1.12 bits per heavy atom. The lowest BCUT2D eigenvalue weighted by Gasteiger charge is -2.17. The minimum atomic E-state index is -5.35. The average Bonchev–Trinajstić information content (AvgIpc) is 2.75. The van der Waals surface area contributed by atoms with Crippen LogP contribution >= 0.6 is 0 Å². The van der Waals surface area contributed by atoms with Crippen LogP contribution in [0.25, 0.3) is 10.8 Å². The maximum Gasteiger partial charge on any atom is 0.416 e. The van der Waals surface area contributed by atoms with Gasteiger partial charge < -0.3 is 5.32 Å². The van der Waals surface area contributed by atoms with Crippen molar-refractivity contribution < 1.29 is 26.9 Å². The molecule has 3 rings (SSSR count). The zero-order valence-electron chi connectivity index (χ0n) is 23.8. The second kappa shape index (κ2) is 7.92. The largest absolute Gasteiger partial charge is 0.416 e. The molecule has 0 radical (unpaired) electrons. The fourth-order valence-corrected chi connectivity index (χ4v) is 2.49. The van der Waals surface area contributed by atoms with Crippen LogP contribution in [0.4, 0.5) is 13.2 Å². The number of benzene rings is 3. The fourth-order valence-electron chi connectivity index (χ4n) is 2.49. The van der Waals surface area contributed by atoms with Crippen molar-refractivity contribution in [3.8, 4) is 0 Å². The third-order valence-electron chi connectivity index (χ3n) is 3.74. The Morgan fingerprint density at radius 3 is 2.69 bits per heavy atom. The SMILES string of the molecule is [2H]c1c([2H])c(C(F)(F)F)c([2H])c(C([2H])([2H])C([2H])([2H])C([2H])([2H])N[C@H](C)c2cccc3ccccc23)c1[2H]. The summed E-state index contributed by atoms with van der Waals surface area (Å²) in [6.45, 7) is -1.72. The number of fused-ring (bicyclic) bond motifs is 1. The first-order chi connectivity index (χ1) is 16.4. The third-order valence-corrected chi connectivity index (χ3v) is 3.74. The molecule has 0 heterocycles. The van der Waals surface area contributed by atoms with Crippen LogP contribution in [0.15, 0.2) is 66.6 Å². The summed E-state index contributed by atoms with van der Waals surface area (Å²) in [6.07, 6.45) is -12.7. The summed E-state index contributed by atoms with van der Waals surface area (Å²) in [4.78, 5) is 0. The summed E-state index contributed by atoms with van der Waals surface area (Å²) >= 11 is 0. The maximum atomic E-state index is 13.5. The molecule has 0 aliphatic heterocycles. The van der Waals surface area contributed by atoms with Gasteiger partial charge in [-0.25, -0.2) is 0 Å². The number of hydrogen-bond acceptors (Lipinski definition) is 1. The number of rotatable bonds is 6. The van der Waals surface area contributed by atoms with E-state index in [1.54, 1.807) is 30.3 Å². The van der Waals surface area contributed by atoms with E-state index in [0.29, 0.717) is 5.56 Å². The van der Waals surface area contributed by atoms with Gasteiger partial charge in [0.1, 0.15) is 0 Å². The molecule has 0 aromatic heterocycles. The Labute approximate surface area is 165 Å². The first-order valence-electron chi connectivity index (χ1n) is 12.8. The summed E-state index contributed by atoms with van der Waals surface area (Å²) in [5.74, 6) is 0. The van der Waals surface area contributed by atoms with Crippen LogP contribution in [-0.4, -0.2) is 6.50 Å². The molecule has 26 heavy (non-hydrogen) atoms. The van der Waals surface area contributed by atoms with Crippen LogP contribution < -0.4 is 5.32 Å². The standard InChI is InChI=1S/C22H22F3N/c1-16(20-13-5-10-18-9-2-3-12-21(18)20)26-14-6-8-17-7-4-11-19(15-17)22(23,24)25/h2-5,7,9-13,15-16,26H,6,8,14H2,1H3/t16-/m1/s1/i4D,6D2,7D,8D2,11D,14D2,15D. The van der Waals surface area contributed by atoms with Gasteiger partial charge in [-0.1, -0.05) is 60.6 Å². The van der Waals surface area contributed by atoms with Crippen LogP contribution in [-0.2, 0) is 12.5 Å². The predicted octanol–water partition coefficient (Wildman–Crippen LogP) is 6.14.